The predicted molar refractivity (Wildman–Crippen MR) is 101 cm³/mol. The lowest BCUT2D eigenvalue weighted by Crippen LogP contribution is -2.23. The number of amides is 1. The van der Waals surface area contributed by atoms with Crippen molar-refractivity contribution in [2.24, 2.45) is 7.05 Å². The number of rotatable bonds is 5. The molecule has 5 nitrogen and oxygen atoms in total. The second-order valence-corrected chi connectivity index (χ2v) is 6.74. The molecule has 0 aliphatic carbocycles. The van der Waals surface area contributed by atoms with E-state index < -0.39 is 0 Å². The first-order valence-electron chi connectivity index (χ1n) is 7.96. The highest BCUT2D eigenvalue weighted by Crippen LogP contribution is 2.28. The summed E-state index contributed by atoms with van der Waals surface area (Å²) in [5.41, 5.74) is 7.16. The van der Waals surface area contributed by atoms with Crippen molar-refractivity contribution in [2.75, 3.05) is 13.4 Å². The Morgan fingerprint density at radius 1 is 1.36 bits per heavy atom. The number of carbonyl (C=O) groups excluding carboxylic acids is 1. The van der Waals surface area contributed by atoms with Gasteiger partial charge in [0.25, 0.3) is 5.91 Å². The van der Waals surface area contributed by atoms with Gasteiger partial charge < -0.3 is 4.57 Å². The Balaban J connectivity index is 2.13. The molecule has 1 aromatic carbocycles. The van der Waals surface area contributed by atoms with Crippen LogP contribution in [0.15, 0.2) is 41.4 Å². The lowest BCUT2D eigenvalue weighted by molar-refractivity contribution is 0.0538. The highest BCUT2D eigenvalue weighted by atomic mass is 32.2. The molecule has 0 fully saturated rings. The number of thioether (sulfide) groups is 1. The molecule has 0 atom stereocenters. The molecule has 0 saturated heterocycles. The van der Waals surface area contributed by atoms with Crippen LogP contribution in [0.4, 0.5) is 0 Å². The SMILES string of the molecule is CONC(=O)c1c(Cc2ccc(SC)cc2C)n(C)c2ncccc12. The highest BCUT2D eigenvalue weighted by Gasteiger charge is 2.22. The van der Waals surface area contributed by atoms with Gasteiger partial charge in [-0.15, -0.1) is 11.8 Å². The lowest BCUT2D eigenvalue weighted by atomic mass is 10.0. The summed E-state index contributed by atoms with van der Waals surface area (Å²) in [6.07, 6.45) is 4.46. The predicted octanol–water partition coefficient (Wildman–Crippen LogP) is 3.49. The molecule has 1 amide bonds. The van der Waals surface area contributed by atoms with Gasteiger partial charge in [-0.3, -0.25) is 9.63 Å². The Hall–Kier alpha value is -2.31. The van der Waals surface area contributed by atoms with Gasteiger partial charge in [-0.05, 0) is 48.6 Å². The van der Waals surface area contributed by atoms with Crippen LogP contribution in [-0.2, 0) is 18.3 Å². The first kappa shape index (κ1) is 17.5. The number of pyridine rings is 1. The molecule has 0 saturated carbocycles. The molecule has 2 aromatic heterocycles. The van der Waals surface area contributed by atoms with Crippen molar-refractivity contribution in [1.29, 1.82) is 0 Å². The van der Waals surface area contributed by atoms with E-state index in [0.717, 1.165) is 16.7 Å². The van der Waals surface area contributed by atoms with Crippen LogP contribution in [0.5, 0.6) is 0 Å². The van der Waals surface area contributed by atoms with E-state index in [9.17, 15) is 4.79 Å². The fourth-order valence-corrected chi connectivity index (χ4v) is 3.59. The maximum Gasteiger partial charge on any atom is 0.277 e. The molecule has 0 radical (unpaired) electrons. The van der Waals surface area contributed by atoms with Gasteiger partial charge in [0.1, 0.15) is 5.65 Å². The largest absolute Gasteiger partial charge is 0.332 e. The van der Waals surface area contributed by atoms with E-state index >= 15 is 0 Å². The summed E-state index contributed by atoms with van der Waals surface area (Å²) in [5, 5.41) is 0.827. The summed E-state index contributed by atoms with van der Waals surface area (Å²) in [4.78, 5) is 23.1. The van der Waals surface area contributed by atoms with Crippen LogP contribution in [0.3, 0.4) is 0 Å². The average Bonchev–Trinajstić information content (AvgIpc) is 2.89. The lowest BCUT2D eigenvalue weighted by Gasteiger charge is -2.11. The summed E-state index contributed by atoms with van der Waals surface area (Å²) in [6, 6.07) is 10.2. The van der Waals surface area contributed by atoms with Crippen LogP contribution in [-0.4, -0.2) is 28.8 Å². The first-order chi connectivity index (χ1) is 12.1. The van der Waals surface area contributed by atoms with Gasteiger partial charge in [0, 0.05) is 35.6 Å². The Labute approximate surface area is 151 Å². The molecule has 0 spiro atoms. The van der Waals surface area contributed by atoms with Crippen LogP contribution >= 0.6 is 11.8 Å². The van der Waals surface area contributed by atoms with E-state index in [1.807, 2.05) is 23.7 Å². The van der Waals surface area contributed by atoms with Crippen LogP contribution in [0.25, 0.3) is 11.0 Å². The zero-order valence-electron chi connectivity index (χ0n) is 14.8. The molecule has 6 heteroatoms. The molecule has 130 valence electrons. The van der Waals surface area contributed by atoms with E-state index in [-0.39, 0.29) is 5.91 Å². The van der Waals surface area contributed by atoms with Gasteiger partial charge in [0.15, 0.2) is 0 Å². The van der Waals surface area contributed by atoms with E-state index in [0.29, 0.717) is 12.0 Å². The Bertz CT molecular complexity index is 934. The fraction of sp³-hybridized carbons (Fsp3) is 0.263. The quantitative estimate of drug-likeness (QED) is 0.562. The number of aryl methyl sites for hydroxylation is 2. The number of aromatic nitrogens is 2. The minimum atomic E-state index is -0.255. The number of fused-ring (bicyclic) bond motifs is 1. The first-order valence-corrected chi connectivity index (χ1v) is 9.18. The number of carbonyl (C=O) groups is 1. The third-order valence-electron chi connectivity index (χ3n) is 4.40. The van der Waals surface area contributed by atoms with Crippen LogP contribution in [0, 0.1) is 6.92 Å². The normalized spacial score (nSPS) is 11.0. The van der Waals surface area contributed by atoms with Crippen LogP contribution < -0.4 is 5.48 Å². The Morgan fingerprint density at radius 3 is 2.84 bits per heavy atom. The molecule has 0 unspecified atom stereocenters. The fourth-order valence-electron chi connectivity index (χ4n) is 3.09. The maximum atomic E-state index is 12.6. The van der Waals surface area contributed by atoms with Crippen molar-refractivity contribution in [3.63, 3.8) is 0 Å². The summed E-state index contributed by atoms with van der Waals surface area (Å²) in [5.74, 6) is -0.255. The third kappa shape index (κ3) is 3.27. The zero-order valence-corrected chi connectivity index (χ0v) is 15.6. The number of hydrogen-bond donors (Lipinski definition) is 1. The number of hydrogen-bond acceptors (Lipinski definition) is 4. The van der Waals surface area contributed by atoms with Gasteiger partial charge in [0.05, 0.1) is 12.7 Å². The summed E-state index contributed by atoms with van der Waals surface area (Å²) in [7, 11) is 3.38. The van der Waals surface area contributed by atoms with Crippen molar-refractivity contribution in [3.05, 3.63) is 58.9 Å². The van der Waals surface area contributed by atoms with Gasteiger partial charge in [0.2, 0.25) is 0 Å². The standard InChI is InChI=1S/C19H21N3O2S/c1-12-10-14(25-4)8-7-13(12)11-16-17(19(23)21-24-3)15-6-5-9-20-18(15)22(16)2/h5-10H,11H2,1-4H3,(H,21,23). The monoisotopic (exact) mass is 355 g/mol. The molecule has 0 bridgehead atoms. The van der Waals surface area contributed by atoms with Crippen molar-refractivity contribution < 1.29 is 9.63 Å². The van der Waals surface area contributed by atoms with Gasteiger partial charge in [-0.2, -0.15) is 0 Å². The summed E-state index contributed by atoms with van der Waals surface area (Å²) in [6.45, 7) is 2.10. The molecular weight excluding hydrogens is 334 g/mol. The molecule has 25 heavy (non-hydrogen) atoms. The third-order valence-corrected chi connectivity index (χ3v) is 5.12. The van der Waals surface area contributed by atoms with Crippen molar-refractivity contribution in [3.8, 4) is 0 Å². The summed E-state index contributed by atoms with van der Waals surface area (Å²) >= 11 is 1.72. The van der Waals surface area contributed by atoms with Crippen molar-refractivity contribution in [2.45, 2.75) is 18.2 Å². The smallest absolute Gasteiger partial charge is 0.277 e. The van der Waals surface area contributed by atoms with E-state index in [1.165, 1.54) is 23.1 Å². The molecular formula is C19H21N3O2S. The van der Waals surface area contributed by atoms with Gasteiger partial charge >= 0.3 is 0 Å². The van der Waals surface area contributed by atoms with Crippen molar-refractivity contribution >= 4 is 28.7 Å². The Morgan fingerprint density at radius 2 is 2.16 bits per heavy atom. The van der Waals surface area contributed by atoms with Crippen molar-refractivity contribution in [1.82, 2.24) is 15.0 Å². The van der Waals surface area contributed by atoms with E-state index in [1.54, 1.807) is 18.0 Å². The summed E-state index contributed by atoms with van der Waals surface area (Å²) < 4.78 is 1.99. The second-order valence-electron chi connectivity index (χ2n) is 5.86. The van der Waals surface area contributed by atoms with Gasteiger partial charge in [-0.25, -0.2) is 10.5 Å². The van der Waals surface area contributed by atoms with Crippen LogP contribution in [0.2, 0.25) is 0 Å². The van der Waals surface area contributed by atoms with Crippen LogP contribution in [0.1, 0.15) is 27.2 Å². The number of nitrogens with one attached hydrogen (secondary N) is 1. The topological polar surface area (TPSA) is 56.1 Å². The molecule has 2 heterocycles. The molecule has 3 aromatic rings. The minimum Gasteiger partial charge on any atom is -0.332 e. The Kier molecular flexibility index (Phi) is 5.11. The minimum absolute atomic E-state index is 0.255. The van der Waals surface area contributed by atoms with E-state index in [4.69, 9.17) is 4.84 Å². The average molecular weight is 355 g/mol. The highest BCUT2D eigenvalue weighted by molar-refractivity contribution is 7.98. The zero-order chi connectivity index (χ0) is 18.0. The molecule has 1 N–H and O–H groups in total. The van der Waals surface area contributed by atoms with E-state index in [2.05, 4.69) is 41.8 Å². The number of nitrogens with zero attached hydrogens (tertiary/aromatic N) is 2. The number of hydroxylamine groups is 1. The second kappa shape index (κ2) is 7.29. The molecule has 3 rings (SSSR count). The number of benzene rings is 1. The maximum absolute atomic E-state index is 12.6. The van der Waals surface area contributed by atoms with Gasteiger partial charge in [-0.1, -0.05) is 6.07 Å². The molecule has 0 aliphatic rings. The molecule has 0 aliphatic heterocycles.